The first-order valence-electron chi connectivity index (χ1n) is 1.73. The Balaban J connectivity index is -0.00000000655. The Kier molecular flexibility index (Phi) is 2580. The zero-order valence-corrected chi connectivity index (χ0v) is 9.59. The predicted octanol–water partition coefficient (Wildman–Crippen LogP) is -1.11. The molecule has 0 aromatic heterocycles. The van der Waals surface area contributed by atoms with E-state index in [2.05, 4.69) is 0 Å². The average molecular weight is 370 g/mol. The third kappa shape index (κ3) is 442. The van der Waals surface area contributed by atoms with Gasteiger partial charge in [-0.2, -0.15) is 0 Å². The summed E-state index contributed by atoms with van der Waals surface area (Å²) >= 11 is 0. The van der Waals surface area contributed by atoms with Crippen LogP contribution in [0.25, 0.3) is 0 Å². The molecular weight excluding hydrogens is 358 g/mol. The van der Waals surface area contributed by atoms with E-state index in [9.17, 15) is 0 Å². The van der Waals surface area contributed by atoms with Gasteiger partial charge in [0.1, 0.15) is 40.7 Å². The van der Waals surface area contributed by atoms with Gasteiger partial charge in [-0.05, 0) is 0 Å². The van der Waals surface area contributed by atoms with Crippen LogP contribution in [0.4, 0.5) is 0 Å². The summed E-state index contributed by atoms with van der Waals surface area (Å²) in [5.41, 5.74) is 0. The summed E-state index contributed by atoms with van der Waals surface area (Å²) < 4.78 is 0. The van der Waals surface area contributed by atoms with Crippen molar-refractivity contribution in [1.29, 1.82) is 0 Å². The van der Waals surface area contributed by atoms with Crippen LogP contribution in [0.5, 0.6) is 0 Å². The fraction of sp³-hybridized carbons (Fsp3) is 0. The molecule has 0 aliphatic rings. The zero-order valence-electron chi connectivity index (χ0n) is 7.05. The molecule has 7 heteroatoms. The first-order chi connectivity index (χ1) is 6.00. The van der Waals surface area contributed by atoms with Crippen molar-refractivity contribution in [3.63, 3.8) is 0 Å². The molecule has 0 saturated heterocycles. The van der Waals surface area contributed by atoms with Gasteiger partial charge in [-0.3, -0.25) is 0 Å². The van der Waals surface area contributed by atoms with Crippen molar-refractivity contribution in [1.82, 2.24) is 0 Å². The SMILES string of the molecule is C=O.C=O.C=O.C=O.C=O.C=O.[Os]. The summed E-state index contributed by atoms with van der Waals surface area (Å²) in [7, 11) is 0. The standard InChI is InChI=1S/6CH2O.Os/c6*1-2;/h6*1H2;. The molecule has 0 atom stereocenters. The average Bonchev–Trinajstić information content (AvgIpc) is 2.33. The largest absolute Gasteiger partial charge is 0.307 e. The monoisotopic (exact) mass is 372 g/mol. The molecule has 0 rings (SSSR count). The minimum Gasteiger partial charge on any atom is -0.307 e. The van der Waals surface area contributed by atoms with Crippen molar-refractivity contribution in [3.05, 3.63) is 0 Å². The molecule has 80 valence electrons. The van der Waals surface area contributed by atoms with Gasteiger partial charge < -0.3 is 28.8 Å². The Bertz CT molecular complexity index is 32.6. The topological polar surface area (TPSA) is 102 Å². The molecule has 0 aromatic carbocycles. The van der Waals surface area contributed by atoms with E-state index in [1.807, 2.05) is 40.7 Å². The molecule has 0 unspecified atom stereocenters. The van der Waals surface area contributed by atoms with Crippen LogP contribution < -0.4 is 0 Å². The first kappa shape index (κ1) is 61.1. The van der Waals surface area contributed by atoms with Gasteiger partial charge >= 0.3 is 0 Å². The maximum Gasteiger partial charge on any atom is 0.106 e. The first-order valence-corrected chi connectivity index (χ1v) is 1.73. The molecular formula is C6H12O6Os. The Morgan fingerprint density at radius 1 is 0.308 bits per heavy atom. The Morgan fingerprint density at radius 2 is 0.308 bits per heavy atom. The van der Waals surface area contributed by atoms with Gasteiger partial charge in [0, 0.05) is 19.8 Å². The van der Waals surface area contributed by atoms with Gasteiger partial charge in [0.2, 0.25) is 0 Å². The van der Waals surface area contributed by atoms with Crippen LogP contribution in [-0.4, -0.2) is 40.7 Å². The molecule has 0 bridgehead atoms. The van der Waals surface area contributed by atoms with Crippen LogP contribution in [0.1, 0.15) is 0 Å². The van der Waals surface area contributed by atoms with Gasteiger partial charge in [-0.15, -0.1) is 0 Å². The molecule has 0 aromatic rings. The molecule has 0 radical (unpaired) electrons. The third-order valence-corrected chi connectivity index (χ3v) is 0. The molecule has 0 spiro atoms. The quantitative estimate of drug-likeness (QED) is 0.536. The third-order valence-electron chi connectivity index (χ3n) is 0. The normalized spacial score (nSPS) is 1.85. The van der Waals surface area contributed by atoms with Crippen molar-refractivity contribution in [2.24, 2.45) is 0 Å². The molecule has 0 aliphatic carbocycles. The van der Waals surface area contributed by atoms with E-state index >= 15 is 0 Å². The van der Waals surface area contributed by atoms with Crippen molar-refractivity contribution in [2.75, 3.05) is 0 Å². The fourth-order valence-electron chi connectivity index (χ4n) is 0. The minimum atomic E-state index is 0. The number of hydrogen-bond donors (Lipinski definition) is 0. The van der Waals surface area contributed by atoms with E-state index in [1.165, 1.54) is 0 Å². The van der Waals surface area contributed by atoms with Gasteiger partial charge in [0.15, 0.2) is 0 Å². The van der Waals surface area contributed by atoms with E-state index in [0.717, 1.165) is 0 Å². The summed E-state index contributed by atoms with van der Waals surface area (Å²) in [4.78, 5) is 48.0. The van der Waals surface area contributed by atoms with Crippen molar-refractivity contribution < 1.29 is 48.6 Å². The number of carbonyl (C=O) groups is 6. The number of hydrogen-bond acceptors (Lipinski definition) is 6. The molecule has 6 nitrogen and oxygen atoms in total. The summed E-state index contributed by atoms with van der Waals surface area (Å²) in [5, 5.41) is 0. The van der Waals surface area contributed by atoms with E-state index in [0.29, 0.717) is 0 Å². The zero-order chi connectivity index (χ0) is 12.0. The second-order valence-electron chi connectivity index (χ2n) is 0. The molecule has 0 aliphatic heterocycles. The van der Waals surface area contributed by atoms with Gasteiger partial charge in [-0.1, -0.05) is 0 Å². The van der Waals surface area contributed by atoms with E-state index < -0.39 is 0 Å². The van der Waals surface area contributed by atoms with Gasteiger partial charge in [0.05, 0.1) is 0 Å². The van der Waals surface area contributed by atoms with Crippen LogP contribution in [0, 0.1) is 0 Å². The van der Waals surface area contributed by atoms with Crippen LogP contribution in [0.15, 0.2) is 0 Å². The van der Waals surface area contributed by atoms with Crippen LogP contribution in [-0.2, 0) is 48.6 Å². The van der Waals surface area contributed by atoms with E-state index in [1.54, 1.807) is 0 Å². The molecule has 0 amide bonds. The molecule has 0 saturated carbocycles. The maximum absolute atomic E-state index is 8.00. The molecule has 13 heavy (non-hydrogen) atoms. The van der Waals surface area contributed by atoms with E-state index in [-0.39, 0.29) is 19.8 Å². The summed E-state index contributed by atoms with van der Waals surface area (Å²) in [6.45, 7) is 12.0. The minimum absolute atomic E-state index is 0. The summed E-state index contributed by atoms with van der Waals surface area (Å²) in [5.74, 6) is 0. The number of carbonyl (C=O) groups excluding carboxylic acids is 6. The molecule has 0 fully saturated rings. The smallest absolute Gasteiger partial charge is 0.106 e. The molecule has 0 N–H and O–H groups in total. The van der Waals surface area contributed by atoms with Crippen LogP contribution in [0.2, 0.25) is 0 Å². The second kappa shape index (κ2) is 550. The second-order valence-corrected chi connectivity index (χ2v) is 0. The Morgan fingerprint density at radius 3 is 0.308 bits per heavy atom. The van der Waals surface area contributed by atoms with E-state index in [4.69, 9.17) is 28.8 Å². The Hall–Kier alpha value is -1.34. The number of rotatable bonds is 0. The van der Waals surface area contributed by atoms with Crippen molar-refractivity contribution in [3.8, 4) is 0 Å². The van der Waals surface area contributed by atoms with Gasteiger partial charge in [-0.25, -0.2) is 0 Å². The van der Waals surface area contributed by atoms with Crippen molar-refractivity contribution in [2.45, 2.75) is 0 Å². The fourth-order valence-corrected chi connectivity index (χ4v) is 0. The molecule has 0 heterocycles. The summed E-state index contributed by atoms with van der Waals surface area (Å²) in [6.07, 6.45) is 0. The van der Waals surface area contributed by atoms with Gasteiger partial charge in [0.25, 0.3) is 0 Å². The van der Waals surface area contributed by atoms with Crippen molar-refractivity contribution >= 4 is 40.7 Å². The maximum atomic E-state index is 8.00. The Labute approximate surface area is 89.7 Å². The van der Waals surface area contributed by atoms with Crippen LogP contribution in [0.3, 0.4) is 0 Å². The van der Waals surface area contributed by atoms with Crippen LogP contribution >= 0.6 is 0 Å². The predicted molar refractivity (Wildman–Crippen MR) is 42.7 cm³/mol. The summed E-state index contributed by atoms with van der Waals surface area (Å²) in [6, 6.07) is 0.